The van der Waals surface area contributed by atoms with E-state index in [1.54, 1.807) is 23.7 Å². The fourth-order valence-corrected chi connectivity index (χ4v) is 4.37. The number of hydrogen-bond donors (Lipinski definition) is 3. The number of amides is 1. The number of carbonyl (C=O) groups excluding carboxylic acids is 2. The Morgan fingerprint density at radius 2 is 1.73 bits per heavy atom. The summed E-state index contributed by atoms with van der Waals surface area (Å²) in [4.78, 5) is 29.8. The molecule has 1 amide bonds. The third-order valence-corrected chi connectivity index (χ3v) is 6.17. The minimum absolute atomic E-state index is 0.194. The van der Waals surface area contributed by atoms with Crippen LogP contribution in [0.3, 0.4) is 0 Å². The van der Waals surface area contributed by atoms with Gasteiger partial charge in [0.15, 0.2) is 0 Å². The van der Waals surface area contributed by atoms with Crippen molar-refractivity contribution in [3.63, 3.8) is 0 Å². The molecular formula is C22H23N3O6S2. The summed E-state index contributed by atoms with van der Waals surface area (Å²) >= 11 is 1.37. The quantitative estimate of drug-likeness (QED) is 0.226. The van der Waals surface area contributed by atoms with Crippen LogP contribution in [0, 0.1) is 5.92 Å². The first-order valence-electron chi connectivity index (χ1n) is 9.91. The summed E-state index contributed by atoms with van der Waals surface area (Å²) in [5.74, 6) is -2.13. The predicted molar refractivity (Wildman–Crippen MR) is 124 cm³/mol. The van der Waals surface area contributed by atoms with Crippen LogP contribution in [0.4, 0.5) is 5.69 Å². The molecule has 0 bridgehead atoms. The van der Waals surface area contributed by atoms with Gasteiger partial charge in [0.1, 0.15) is 10.9 Å². The maximum Gasteiger partial charge on any atom is 0.357 e. The van der Waals surface area contributed by atoms with E-state index in [1.807, 2.05) is 35.1 Å². The van der Waals surface area contributed by atoms with Crippen molar-refractivity contribution in [1.82, 2.24) is 10.3 Å². The number of thiazole rings is 1. The van der Waals surface area contributed by atoms with Gasteiger partial charge in [0.05, 0.1) is 18.8 Å². The lowest BCUT2D eigenvalue weighted by Gasteiger charge is -2.21. The Morgan fingerprint density at radius 3 is 2.30 bits per heavy atom. The van der Waals surface area contributed by atoms with E-state index in [-0.39, 0.29) is 12.1 Å². The van der Waals surface area contributed by atoms with Crippen molar-refractivity contribution >= 4 is 39.2 Å². The number of rotatable bonds is 10. The largest absolute Gasteiger partial charge is 0.468 e. The first-order chi connectivity index (χ1) is 15.7. The first kappa shape index (κ1) is 24.4. The van der Waals surface area contributed by atoms with E-state index < -0.39 is 34.1 Å². The summed E-state index contributed by atoms with van der Waals surface area (Å²) in [6, 6.07) is 15.0. The third-order valence-electron chi connectivity index (χ3n) is 4.79. The number of aromatic nitrogens is 1. The summed E-state index contributed by atoms with van der Waals surface area (Å²) in [6.45, 7) is 0. The van der Waals surface area contributed by atoms with Crippen LogP contribution in [0.15, 0.2) is 66.2 Å². The zero-order chi connectivity index (χ0) is 23.8. The second-order valence-corrected chi connectivity index (χ2v) is 9.26. The van der Waals surface area contributed by atoms with Crippen molar-refractivity contribution in [3.05, 3.63) is 82.3 Å². The van der Waals surface area contributed by atoms with Gasteiger partial charge in [-0.1, -0.05) is 42.5 Å². The maximum absolute atomic E-state index is 13.1. The average molecular weight is 490 g/mol. The molecule has 3 rings (SSSR count). The summed E-state index contributed by atoms with van der Waals surface area (Å²) < 4.78 is 37.7. The predicted octanol–water partition coefficient (Wildman–Crippen LogP) is 2.79. The average Bonchev–Trinajstić information content (AvgIpc) is 3.32. The lowest BCUT2D eigenvalue weighted by atomic mass is 9.97. The number of nitrogens with one attached hydrogen (secondary N) is 2. The normalized spacial score (nSPS) is 13.0. The lowest BCUT2D eigenvalue weighted by Crippen LogP contribution is -2.40. The van der Waals surface area contributed by atoms with E-state index in [0.29, 0.717) is 11.4 Å². The van der Waals surface area contributed by atoms with E-state index in [1.165, 1.54) is 30.6 Å². The number of esters is 1. The van der Waals surface area contributed by atoms with Crippen molar-refractivity contribution in [3.8, 4) is 0 Å². The van der Waals surface area contributed by atoms with E-state index in [0.717, 1.165) is 11.1 Å². The fourth-order valence-electron chi connectivity index (χ4n) is 3.25. The molecule has 0 fully saturated rings. The van der Waals surface area contributed by atoms with Crippen LogP contribution in [0.25, 0.3) is 0 Å². The Morgan fingerprint density at radius 1 is 1.06 bits per heavy atom. The van der Waals surface area contributed by atoms with Crippen molar-refractivity contribution in [2.75, 3.05) is 11.8 Å². The smallest absolute Gasteiger partial charge is 0.357 e. The van der Waals surface area contributed by atoms with Gasteiger partial charge in [-0.2, -0.15) is 8.42 Å². The van der Waals surface area contributed by atoms with Gasteiger partial charge in [0, 0.05) is 11.6 Å². The third kappa shape index (κ3) is 7.38. The zero-order valence-electron chi connectivity index (χ0n) is 17.7. The Kier molecular flexibility index (Phi) is 8.15. The fraction of sp³-hybridized carbons (Fsp3) is 0.227. The number of nitrogens with zero attached hydrogens (tertiary/aromatic N) is 1. The molecule has 2 unspecified atom stereocenters. The van der Waals surface area contributed by atoms with Crippen LogP contribution < -0.4 is 10.0 Å². The molecule has 0 aliphatic rings. The van der Waals surface area contributed by atoms with E-state index in [9.17, 15) is 18.0 Å². The highest BCUT2D eigenvalue weighted by atomic mass is 32.2. The van der Waals surface area contributed by atoms with Crippen LogP contribution in [-0.2, 0) is 37.5 Å². The Balaban J connectivity index is 1.77. The molecule has 9 nitrogen and oxygen atoms in total. The highest BCUT2D eigenvalue weighted by Crippen LogP contribution is 2.23. The molecule has 0 aliphatic heterocycles. The SMILES string of the molecule is COC(=O)C(Cc1ccccc1)C(=O)NC(Cc1ccc(NS(=O)(=O)O)cc1)c1nccs1. The number of hydrogen-bond acceptors (Lipinski definition) is 7. The number of methoxy groups -OCH3 is 1. The van der Waals surface area contributed by atoms with Crippen molar-refractivity contribution < 1.29 is 27.3 Å². The maximum atomic E-state index is 13.1. The minimum atomic E-state index is -4.37. The Labute approximate surface area is 195 Å². The molecule has 0 spiro atoms. The van der Waals surface area contributed by atoms with Gasteiger partial charge in [-0.3, -0.25) is 18.9 Å². The van der Waals surface area contributed by atoms with Crippen LogP contribution >= 0.6 is 11.3 Å². The molecule has 0 radical (unpaired) electrons. The van der Waals surface area contributed by atoms with Gasteiger partial charge >= 0.3 is 16.3 Å². The van der Waals surface area contributed by atoms with Crippen molar-refractivity contribution in [1.29, 1.82) is 0 Å². The molecule has 3 N–H and O–H groups in total. The monoisotopic (exact) mass is 489 g/mol. The number of carbonyl (C=O) groups is 2. The van der Waals surface area contributed by atoms with Gasteiger partial charge < -0.3 is 10.1 Å². The molecule has 0 saturated carbocycles. The van der Waals surface area contributed by atoms with Gasteiger partial charge in [-0.25, -0.2) is 4.98 Å². The molecule has 0 saturated heterocycles. The molecular weight excluding hydrogens is 466 g/mol. The minimum Gasteiger partial charge on any atom is -0.468 e. The van der Waals surface area contributed by atoms with Gasteiger partial charge in [-0.05, 0) is 36.1 Å². The number of ether oxygens (including phenoxy) is 1. The molecule has 33 heavy (non-hydrogen) atoms. The number of benzene rings is 2. The van der Waals surface area contributed by atoms with E-state index >= 15 is 0 Å². The molecule has 2 aromatic carbocycles. The molecule has 11 heteroatoms. The lowest BCUT2D eigenvalue weighted by molar-refractivity contribution is -0.150. The van der Waals surface area contributed by atoms with Gasteiger partial charge in [-0.15, -0.1) is 11.3 Å². The van der Waals surface area contributed by atoms with Crippen molar-refractivity contribution in [2.24, 2.45) is 5.92 Å². The topological polar surface area (TPSA) is 135 Å². The molecule has 1 heterocycles. The molecule has 2 atom stereocenters. The molecule has 3 aromatic rings. The van der Waals surface area contributed by atoms with Crippen LogP contribution in [0.1, 0.15) is 22.2 Å². The highest BCUT2D eigenvalue weighted by Gasteiger charge is 2.30. The van der Waals surface area contributed by atoms with Crippen LogP contribution in [0.5, 0.6) is 0 Å². The first-order valence-corrected chi connectivity index (χ1v) is 12.2. The zero-order valence-corrected chi connectivity index (χ0v) is 19.3. The summed E-state index contributed by atoms with van der Waals surface area (Å²) in [6.07, 6.45) is 2.17. The molecule has 174 valence electrons. The molecule has 1 aromatic heterocycles. The number of anilines is 1. The van der Waals surface area contributed by atoms with Crippen LogP contribution in [0.2, 0.25) is 0 Å². The summed E-state index contributed by atoms with van der Waals surface area (Å²) in [7, 11) is -3.13. The van der Waals surface area contributed by atoms with E-state index in [2.05, 4.69) is 10.3 Å². The second-order valence-electron chi connectivity index (χ2n) is 7.18. The highest BCUT2D eigenvalue weighted by molar-refractivity contribution is 7.87. The van der Waals surface area contributed by atoms with Gasteiger partial charge in [0.2, 0.25) is 5.91 Å². The standard InChI is InChI=1S/C22H23N3O6S2/c1-31-22(27)18(13-15-5-3-2-4-6-15)20(26)24-19(21-23-11-12-32-21)14-16-7-9-17(10-8-16)25-33(28,29)30/h2-12,18-19,25H,13-14H2,1H3,(H,24,26)(H,28,29,30). The summed E-state index contributed by atoms with van der Waals surface area (Å²) in [5.41, 5.74) is 1.81. The Bertz CT molecular complexity index is 1170. The van der Waals surface area contributed by atoms with Crippen molar-refractivity contribution in [2.45, 2.75) is 18.9 Å². The molecule has 0 aliphatic carbocycles. The summed E-state index contributed by atoms with van der Waals surface area (Å²) in [5, 5.41) is 5.36. The van der Waals surface area contributed by atoms with E-state index in [4.69, 9.17) is 9.29 Å². The Hall–Kier alpha value is -3.28. The van der Waals surface area contributed by atoms with Crippen LogP contribution in [-0.4, -0.2) is 36.9 Å². The van der Waals surface area contributed by atoms with Gasteiger partial charge in [0.25, 0.3) is 0 Å². The second kappa shape index (κ2) is 11.0.